The Kier molecular flexibility index (Phi) is 5.55. The molecule has 1 aromatic heterocycles. The van der Waals surface area contributed by atoms with Crippen LogP contribution in [0, 0.1) is 6.92 Å². The summed E-state index contributed by atoms with van der Waals surface area (Å²) in [6.07, 6.45) is -1.25. The molecule has 28 heavy (non-hydrogen) atoms. The topological polar surface area (TPSA) is 148 Å². The fraction of sp³-hybridized carbons (Fsp3) is 0.412. The maximum absolute atomic E-state index is 12.4. The lowest BCUT2D eigenvalue weighted by molar-refractivity contribution is -0.145. The van der Waals surface area contributed by atoms with E-state index in [2.05, 4.69) is 4.98 Å². The Morgan fingerprint density at radius 1 is 1.29 bits per heavy atom. The van der Waals surface area contributed by atoms with Gasteiger partial charge in [0.05, 0.1) is 17.6 Å². The number of aliphatic hydroxyl groups excluding tert-OH is 2. The summed E-state index contributed by atoms with van der Waals surface area (Å²) >= 11 is 0. The van der Waals surface area contributed by atoms with Gasteiger partial charge in [-0.3, -0.25) is 18.5 Å². The van der Waals surface area contributed by atoms with Gasteiger partial charge < -0.3 is 14.9 Å². The number of nitrogens with one attached hydrogen (secondary N) is 1. The van der Waals surface area contributed by atoms with Crippen LogP contribution in [0.25, 0.3) is 0 Å². The minimum atomic E-state index is -4.15. The molecular weight excluding hydrogens is 392 g/mol. The molecule has 0 radical (unpaired) electrons. The number of hydrogen-bond donors (Lipinski definition) is 3. The zero-order chi connectivity index (χ0) is 20.5. The monoisotopic (exact) mass is 412 g/mol. The van der Waals surface area contributed by atoms with E-state index in [4.69, 9.17) is 8.92 Å². The van der Waals surface area contributed by atoms with Crippen LogP contribution in [0.2, 0.25) is 0 Å². The molecule has 3 atom stereocenters. The van der Waals surface area contributed by atoms with Crippen LogP contribution in [0.15, 0.2) is 51.0 Å². The Hall–Kier alpha value is -2.31. The summed E-state index contributed by atoms with van der Waals surface area (Å²) in [5, 5.41) is 20.1. The number of aryl methyl sites for hydroxylation is 1. The van der Waals surface area contributed by atoms with Crippen molar-refractivity contribution in [1.82, 2.24) is 9.55 Å². The summed E-state index contributed by atoms with van der Waals surface area (Å²) in [5.74, 6) is 0. The van der Waals surface area contributed by atoms with Gasteiger partial charge in [0.25, 0.3) is 15.7 Å². The van der Waals surface area contributed by atoms with Crippen molar-refractivity contribution < 1.29 is 27.6 Å². The smallest absolute Gasteiger partial charge is 0.330 e. The van der Waals surface area contributed by atoms with E-state index in [9.17, 15) is 28.2 Å². The molecule has 1 aliphatic rings. The van der Waals surface area contributed by atoms with Gasteiger partial charge in [0.15, 0.2) is 0 Å². The molecule has 1 saturated heterocycles. The second-order valence-electron chi connectivity index (χ2n) is 6.59. The van der Waals surface area contributed by atoms with E-state index in [1.54, 1.807) is 19.1 Å². The van der Waals surface area contributed by atoms with Crippen molar-refractivity contribution in [2.45, 2.75) is 36.2 Å². The number of benzene rings is 1. The van der Waals surface area contributed by atoms with Gasteiger partial charge in [-0.25, -0.2) is 4.79 Å². The molecule has 0 bridgehead atoms. The van der Waals surface area contributed by atoms with Crippen LogP contribution in [0.3, 0.4) is 0 Å². The molecule has 2 aromatic rings. The summed E-state index contributed by atoms with van der Waals surface area (Å²) in [6, 6.07) is 7.08. The fourth-order valence-corrected chi connectivity index (χ4v) is 3.86. The highest BCUT2D eigenvalue weighted by molar-refractivity contribution is 7.86. The maximum Gasteiger partial charge on any atom is 0.330 e. The first kappa shape index (κ1) is 20.4. The molecule has 1 fully saturated rings. The molecule has 0 amide bonds. The third kappa shape index (κ3) is 3.93. The minimum absolute atomic E-state index is 0.0768. The van der Waals surface area contributed by atoms with Crippen molar-refractivity contribution in [2.75, 3.05) is 13.2 Å². The first-order valence-electron chi connectivity index (χ1n) is 8.41. The van der Waals surface area contributed by atoms with Gasteiger partial charge in [0.1, 0.15) is 18.4 Å². The summed E-state index contributed by atoms with van der Waals surface area (Å²) in [6.45, 7) is 0.404. The molecule has 3 rings (SSSR count). The highest BCUT2D eigenvalue weighted by atomic mass is 32.2. The van der Waals surface area contributed by atoms with E-state index < -0.39 is 52.5 Å². The molecule has 2 heterocycles. The molecule has 0 spiro atoms. The fourth-order valence-electron chi connectivity index (χ4n) is 2.90. The number of aromatic amines is 1. The Labute approximate surface area is 160 Å². The van der Waals surface area contributed by atoms with Crippen LogP contribution < -0.4 is 11.2 Å². The largest absolute Gasteiger partial charge is 0.393 e. The molecule has 0 aliphatic carbocycles. The number of nitrogens with zero attached hydrogens (tertiary/aromatic N) is 1. The quantitative estimate of drug-likeness (QED) is 0.526. The highest BCUT2D eigenvalue weighted by Gasteiger charge is 2.50. The highest BCUT2D eigenvalue weighted by Crippen LogP contribution is 2.36. The predicted molar refractivity (Wildman–Crippen MR) is 96.2 cm³/mol. The lowest BCUT2D eigenvalue weighted by Gasteiger charge is -2.29. The number of rotatable bonds is 6. The Morgan fingerprint density at radius 2 is 1.96 bits per heavy atom. The lowest BCUT2D eigenvalue weighted by Crippen LogP contribution is -2.48. The van der Waals surface area contributed by atoms with E-state index in [0.29, 0.717) is 0 Å². The summed E-state index contributed by atoms with van der Waals surface area (Å²) in [5.41, 5.74) is -2.24. The van der Waals surface area contributed by atoms with E-state index in [0.717, 1.165) is 16.2 Å². The lowest BCUT2D eigenvalue weighted by atomic mass is 9.99. The van der Waals surface area contributed by atoms with Gasteiger partial charge in [-0.05, 0) is 19.1 Å². The van der Waals surface area contributed by atoms with Crippen molar-refractivity contribution in [3.63, 3.8) is 0 Å². The summed E-state index contributed by atoms with van der Waals surface area (Å²) < 4.78 is 36.4. The molecule has 10 nitrogen and oxygen atoms in total. The van der Waals surface area contributed by atoms with Gasteiger partial charge in [0, 0.05) is 18.7 Å². The molecule has 152 valence electrons. The zero-order valence-electron chi connectivity index (χ0n) is 14.9. The Balaban J connectivity index is 1.80. The third-order valence-electron chi connectivity index (χ3n) is 4.60. The molecule has 3 N–H and O–H groups in total. The van der Waals surface area contributed by atoms with Crippen LogP contribution in [0.5, 0.6) is 0 Å². The van der Waals surface area contributed by atoms with Crippen LogP contribution in [0.1, 0.15) is 18.2 Å². The summed E-state index contributed by atoms with van der Waals surface area (Å²) in [4.78, 5) is 25.1. The number of H-pyrrole nitrogens is 1. The van der Waals surface area contributed by atoms with Gasteiger partial charge in [-0.15, -0.1) is 0 Å². The second-order valence-corrected chi connectivity index (χ2v) is 8.21. The van der Waals surface area contributed by atoms with Crippen molar-refractivity contribution in [1.29, 1.82) is 0 Å². The SMILES string of the molecule is Cc1ccc(S(=O)(=O)OC[C@]2(CO)O[C@@H](n3ccc(=O)[nH]c3=O)C[C@@H]2O)cc1. The Morgan fingerprint density at radius 3 is 2.57 bits per heavy atom. The number of aromatic nitrogens is 2. The van der Waals surface area contributed by atoms with Crippen LogP contribution in [-0.2, 0) is 19.0 Å². The molecular formula is C17H20N2O8S. The third-order valence-corrected chi connectivity index (χ3v) is 5.88. The minimum Gasteiger partial charge on any atom is -0.393 e. The molecule has 0 unspecified atom stereocenters. The summed E-state index contributed by atoms with van der Waals surface area (Å²) in [7, 11) is -4.15. The van der Waals surface area contributed by atoms with E-state index in [-0.39, 0.29) is 11.3 Å². The van der Waals surface area contributed by atoms with Crippen molar-refractivity contribution >= 4 is 10.1 Å². The molecule has 11 heteroatoms. The van der Waals surface area contributed by atoms with Gasteiger partial charge in [-0.2, -0.15) is 8.42 Å². The van der Waals surface area contributed by atoms with E-state index in [1.165, 1.54) is 18.3 Å². The first-order valence-corrected chi connectivity index (χ1v) is 9.82. The second kappa shape index (κ2) is 7.60. The standard InChI is InChI=1S/C17H20N2O8S/c1-11-2-4-12(5-3-11)28(24,25)26-10-17(9-20)13(21)8-15(27-17)19-7-6-14(22)18-16(19)23/h2-7,13,15,20-21H,8-10H2,1H3,(H,18,22,23)/t13-,15+,17-/m0/s1. The normalized spacial score (nSPS) is 25.1. The number of ether oxygens (including phenoxy) is 1. The maximum atomic E-state index is 12.4. The molecule has 0 saturated carbocycles. The van der Waals surface area contributed by atoms with Crippen LogP contribution in [0.4, 0.5) is 0 Å². The van der Waals surface area contributed by atoms with Crippen molar-refractivity contribution in [3.8, 4) is 0 Å². The van der Waals surface area contributed by atoms with Crippen LogP contribution >= 0.6 is 0 Å². The Bertz CT molecular complexity index is 1060. The average molecular weight is 412 g/mol. The van der Waals surface area contributed by atoms with E-state index in [1.807, 2.05) is 0 Å². The van der Waals surface area contributed by atoms with Crippen molar-refractivity contribution in [3.05, 3.63) is 62.9 Å². The van der Waals surface area contributed by atoms with Crippen LogP contribution in [-0.4, -0.2) is 53.1 Å². The predicted octanol–water partition coefficient (Wildman–Crippen LogP) is -0.739. The first-order chi connectivity index (χ1) is 13.2. The number of hydrogen-bond acceptors (Lipinski definition) is 8. The van der Waals surface area contributed by atoms with Gasteiger partial charge in [0.2, 0.25) is 0 Å². The van der Waals surface area contributed by atoms with E-state index >= 15 is 0 Å². The van der Waals surface area contributed by atoms with Crippen molar-refractivity contribution in [2.24, 2.45) is 0 Å². The average Bonchev–Trinajstić information content (AvgIpc) is 2.97. The molecule has 1 aromatic carbocycles. The number of aliphatic hydroxyl groups is 2. The molecule has 1 aliphatic heterocycles. The van der Waals surface area contributed by atoms with Gasteiger partial charge >= 0.3 is 5.69 Å². The van der Waals surface area contributed by atoms with Gasteiger partial charge in [-0.1, -0.05) is 17.7 Å². The zero-order valence-corrected chi connectivity index (χ0v) is 15.8.